The first kappa shape index (κ1) is 22.6. The number of fused-ring (bicyclic) bond motifs is 3. The van der Waals surface area contributed by atoms with E-state index in [0.717, 1.165) is 27.1 Å². The highest BCUT2D eigenvalue weighted by Crippen LogP contribution is 2.44. The predicted octanol–water partition coefficient (Wildman–Crippen LogP) is 4.97. The molecule has 0 fully saturated rings. The standard InChI is InChI=1S/C26H23NO5S/c1-33-17-12-10-16(11-13-17)24(28)14-23(25(29)30)27-26(31)32-15-22-20-8-4-2-6-18(20)19-7-3-5-9-21(19)22/h2-13,22-23H,14-15H2,1H3,(H,27,31)(H,29,30). The smallest absolute Gasteiger partial charge is 0.407 e. The van der Waals surface area contributed by atoms with Gasteiger partial charge in [-0.3, -0.25) is 4.79 Å². The number of carbonyl (C=O) groups is 3. The first-order valence-electron chi connectivity index (χ1n) is 10.5. The number of aliphatic carboxylic acids is 1. The van der Waals surface area contributed by atoms with Gasteiger partial charge in [0.2, 0.25) is 0 Å². The molecule has 0 aliphatic heterocycles. The molecule has 0 bridgehead atoms. The molecule has 4 rings (SSSR count). The van der Waals surface area contributed by atoms with E-state index < -0.39 is 18.1 Å². The number of ether oxygens (including phenoxy) is 1. The second-order valence-corrected chi connectivity index (χ2v) is 8.60. The molecule has 0 spiro atoms. The minimum absolute atomic E-state index is 0.0658. The summed E-state index contributed by atoms with van der Waals surface area (Å²) in [6.45, 7) is 0.0658. The summed E-state index contributed by atoms with van der Waals surface area (Å²) in [6, 6.07) is 21.4. The lowest BCUT2D eigenvalue weighted by Crippen LogP contribution is -2.42. The van der Waals surface area contributed by atoms with Crippen LogP contribution in [0, 0.1) is 0 Å². The number of rotatable bonds is 8. The van der Waals surface area contributed by atoms with Gasteiger partial charge in [0.15, 0.2) is 5.78 Å². The fourth-order valence-electron chi connectivity index (χ4n) is 4.06. The zero-order valence-electron chi connectivity index (χ0n) is 18.0. The third-order valence-electron chi connectivity index (χ3n) is 5.74. The van der Waals surface area contributed by atoms with Crippen LogP contribution >= 0.6 is 11.8 Å². The zero-order chi connectivity index (χ0) is 23.4. The summed E-state index contributed by atoms with van der Waals surface area (Å²) in [4.78, 5) is 37.6. The van der Waals surface area contributed by atoms with Gasteiger partial charge in [0.25, 0.3) is 0 Å². The van der Waals surface area contributed by atoms with Crippen molar-refractivity contribution < 1.29 is 24.2 Å². The number of nitrogens with one attached hydrogen (secondary N) is 1. The molecule has 0 heterocycles. The number of thioether (sulfide) groups is 1. The van der Waals surface area contributed by atoms with Crippen LogP contribution in [0.1, 0.15) is 33.8 Å². The maximum atomic E-state index is 12.5. The Morgan fingerprint density at radius 1 is 0.939 bits per heavy atom. The van der Waals surface area contributed by atoms with Gasteiger partial charge in [-0.1, -0.05) is 60.7 Å². The molecule has 7 heteroatoms. The molecule has 0 saturated heterocycles. The second-order valence-electron chi connectivity index (χ2n) is 7.72. The molecular formula is C26H23NO5S. The van der Waals surface area contributed by atoms with E-state index in [2.05, 4.69) is 5.32 Å². The highest BCUT2D eigenvalue weighted by Gasteiger charge is 2.30. The lowest BCUT2D eigenvalue weighted by molar-refractivity contribution is -0.139. The summed E-state index contributed by atoms with van der Waals surface area (Å²) in [6.07, 6.45) is 0.697. The summed E-state index contributed by atoms with van der Waals surface area (Å²) in [5, 5.41) is 11.8. The molecule has 3 aromatic carbocycles. The van der Waals surface area contributed by atoms with Crippen LogP contribution in [0.2, 0.25) is 0 Å². The first-order chi connectivity index (χ1) is 16.0. The Bertz CT molecular complexity index is 1150. The number of amides is 1. The SMILES string of the molecule is CSc1ccc(C(=O)CC(NC(=O)OCC2c3ccccc3-c3ccccc32)C(=O)O)cc1. The molecule has 1 atom stereocenters. The minimum Gasteiger partial charge on any atom is -0.480 e. The summed E-state index contributed by atoms with van der Waals surface area (Å²) < 4.78 is 5.41. The monoisotopic (exact) mass is 461 g/mol. The molecule has 2 N–H and O–H groups in total. The Morgan fingerprint density at radius 2 is 1.52 bits per heavy atom. The number of hydrogen-bond donors (Lipinski definition) is 2. The first-order valence-corrected chi connectivity index (χ1v) is 11.7. The highest BCUT2D eigenvalue weighted by atomic mass is 32.2. The highest BCUT2D eigenvalue weighted by molar-refractivity contribution is 7.98. The van der Waals surface area contributed by atoms with Gasteiger partial charge in [0, 0.05) is 22.8 Å². The molecular weight excluding hydrogens is 438 g/mol. The van der Waals surface area contributed by atoms with Crippen molar-refractivity contribution in [1.29, 1.82) is 0 Å². The van der Waals surface area contributed by atoms with Crippen molar-refractivity contribution in [3.05, 3.63) is 89.5 Å². The van der Waals surface area contributed by atoms with Crippen molar-refractivity contribution >= 4 is 29.6 Å². The van der Waals surface area contributed by atoms with Gasteiger partial charge in [-0.05, 0) is 40.6 Å². The average Bonchev–Trinajstić information content (AvgIpc) is 3.16. The summed E-state index contributed by atoms with van der Waals surface area (Å²) in [5.41, 5.74) is 4.72. The largest absolute Gasteiger partial charge is 0.480 e. The number of carboxylic acid groups (broad SMARTS) is 1. The van der Waals surface area contributed by atoms with Crippen LogP contribution in [-0.2, 0) is 9.53 Å². The molecule has 1 amide bonds. The van der Waals surface area contributed by atoms with Gasteiger partial charge < -0.3 is 15.2 Å². The predicted molar refractivity (Wildman–Crippen MR) is 127 cm³/mol. The van der Waals surface area contributed by atoms with Crippen LogP contribution in [0.3, 0.4) is 0 Å². The normalized spacial score (nSPS) is 13.0. The Balaban J connectivity index is 1.40. The van der Waals surface area contributed by atoms with Crippen LogP contribution in [0.15, 0.2) is 77.7 Å². The molecule has 168 valence electrons. The molecule has 0 radical (unpaired) electrons. The number of benzene rings is 3. The van der Waals surface area contributed by atoms with Crippen molar-refractivity contribution in [2.45, 2.75) is 23.3 Å². The fraction of sp³-hybridized carbons (Fsp3) is 0.192. The van der Waals surface area contributed by atoms with E-state index in [1.54, 1.807) is 36.0 Å². The van der Waals surface area contributed by atoms with E-state index >= 15 is 0 Å². The van der Waals surface area contributed by atoms with Crippen LogP contribution in [0.4, 0.5) is 4.79 Å². The number of hydrogen-bond acceptors (Lipinski definition) is 5. The molecule has 1 aliphatic rings. The molecule has 1 aliphatic carbocycles. The quantitative estimate of drug-likeness (QED) is 0.363. The topological polar surface area (TPSA) is 92.7 Å². The molecule has 3 aromatic rings. The van der Waals surface area contributed by atoms with Gasteiger partial charge in [-0.15, -0.1) is 11.8 Å². The number of ketones is 1. The van der Waals surface area contributed by atoms with Crippen molar-refractivity contribution in [3.8, 4) is 11.1 Å². The summed E-state index contributed by atoms with van der Waals surface area (Å²) in [5.74, 6) is -1.80. The van der Waals surface area contributed by atoms with Crippen LogP contribution in [0.25, 0.3) is 11.1 Å². The van der Waals surface area contributed by atoms with Crippen molar-refractivity contribution in [3.63, 3.8) is 0 Å². The summed E-state index contributed by atoms with van der Waals surface area (Å²) >= 11 is 1.54. The van der Waals surface area contributed by atoms with Gasteiger partial charge in [-0.25, -0.2) is 9.59 Å². The van der Waals surface area contributed by atoms with Crippen molar-refractivity contribution in [2.24, 2.45) is 0 Å². The lowest BCUT2D eigenvalue weighted by Gasteiger charge is -2.17. The van der Waals surface area contributed by atoms with Gasteiger partial charge in [-0.2, -0.15) is 0 Å². The number of carboxylic acids is 1. The molecule has 1 unspecified atom stereocenters. The van der Waals surface area contributed by atoms with Crippen LogP contribution in [-0.4, -0.2) is 41.9 Å². The lowest BCUT2D eigenvalue weighted by atomic mass is 9.98. The minimum atomic E-state index is -1.38. The molecule has 6 nitrogen and oxygen atoms in total. The molecule has 0 aromatic heterocycles. The Hall–Kier alpha value is -3.58. The van der Waals surface area contributed by atoms with E-state index in [9.17, 15) is 19.5 Å². The van der Waals surface area contributed by atoms with E-state index in [1.807, 2.05) is 54.8 Å². The van der Waals surface area contributed by atoms with Crippen LogP contribution in [0.5, 0.6) is 0 Å². The van der Waals surface area contributed by atoms with E-state index in [4.69, 9.17) is 4.74 Å². The van der Waals surface area contributed by atoms with Gasteiger partial charge >= 0.3 is 12.1 Å². The Morgan fingerprint density at radius 3 is 2.06 bits per heavy atom. The second kappa shape index (κ2) is 9.92. The van der Waals surface area contributed by atoms with Gasteiger partial charge in [0.1, 0.15) is 12.6 Å². The zero-order valence-corrected chi connectivity index (χ0v) is 18.8. The van der Waals surface area contributed by atoms with Crippen molar-refractivity contribution in [2.75, 3.05) is 12.9 Å². The van der Waals surface area contributed by atoms with Gasteiger partial charge in [0.05, 0.1) is 0 Å². The van der Waals surface area contributed by atoms with Crippen LogP contribution < -0.4 is 5.32 Å². The number of carbonyl (C=O) groups excluding carboxylic acids is 2. The molecule has 33 heavy (non-hydrogen) atoms. The van der Waals surface area contributed by atoms with Crippen molar-refractivity contribution in [1.82, 2.24) is 5.32 Å². The number of alkyl carbamates (subject to hydrolysis) is 1. The maximum absolute atomic E-state index is 12.5. The van der Waals surface area contributed by atoms with E-state index in [0.29, 0.717) is 5.56 Å². The van der Waals surface area contributed by atoms with E-state index in [1.165, 1.54) is 0 Å². The maximum Gasteiger partial charge on any atom is 0.407 e. The number of Topliss-reactive ketones (excluding diaryl/α,β-unsaturated/α-hetero) is 1. The fourth-order valence-corrected chi connectivity index (χ4v) is 4.47. The Kier molecular flexibility index (Phi) is 6.79. The summed E-state index contributed by atoms with van der Waals surface area (Å²) in [7, 11) is 0. The Labute approximate surface area is 196 Å². The third kappa shape index (κ3) is 4.93. The third-order valence-corrected chi connectivity index (χ3v) is 6.48. The van der Waals surface area contributed by atoms with E-state index in [-0.39, 0.29) is 24.7 Å². The average molecular weight is 462 g/mol. The molecule has 0 saturated carbocycles.